The summed E-state index contributed by atoms with van der Waals surface area (Å²) in [7, 11) is 4.39. The number of phenols is 1. The summed E-state index contributed by atoms with van der Waals surface area (Å²) in [6.45, 7) is 4.02. The highest BCUT2D eigenvalue weighted by atomic mass is 32.2. The van der Waals surface area contributed by atoms with Gasteiger partial charge in [0.15, 0.2) is 17.3 Å². The van der Waals surface area contributed by atoms with E-state index in [2.05, 4.69) is 32.2 Å². The largest absolute Gasteiger partial charge is 0.507 e. The number of hydrogen-bond acceptors (Lipinski definition) is 11. The Morgan fingerprint density at radius 2 is 1.76 bits per heavy atom. The first-order valence-electron chi connectivity index (χ1n) is 16.0. The van der Waals surface area contributed by atoms with Crippen molar-refractivity contribution in [2.45, 2.75) is 41.3 Å². The first-order valence-corrected chi connectivity index (χ1v) is 16.8. The van der Waals surface area contributed by atoms with Gasteiger partial charge in [-0.3, -0.25) is 10.1 Å². The second-order valence-corrected chi connectivity index (χ2v) is 13.5. The predicted octanol–water partition coefficient (Wildman–Crippen LogP) is 7.61. The number of aromatic hydroxyl groups is 1. The average Bonchev–Trinajstić information content (AvgIpc) is 3.52. The van der Waals surface area contributed by atoms with Crippen molar-refractivity contribution in [3.8, 4) is 34.5 Å². The van der Waals surface area contributed by atoms with Crippen molar-refractivity contribution >= 4 is 46.7 Å². The number of amides is 1. The molecule has 5 aromatic rings. The number of aromatic amines is 1. The van der Waals surface area contributed by atoms with Gasteiger partial charge < -0.3 is 38.5 Å². The third kappa shape index (κ3) is 6.59. The van der Waals surface area contributed by atoms with Crippen LogP contribution >= 0.6 is 11.8 Å². The molecule has 0 spiro atoms. The number of carbonyl (C=O) groups is 2. The van der Waals surface area contributed by atoms with Crippen LogP contribution in [0.2, 0.25) is 0 Å². The fourth-order valence-corrected chi connectivity index (χ4v) is 7.03. The molecule has 8 rings (SSSR count). The van der Waals surface area contributed by atoms with Crippen molar-refractivity contribution in [1.29, 1.82) is 0 Å². The topological polar surface area (TPSA) is 150 Å². The zero-order valence-electron chi connectivity index (χ0n) is 28.4. The number of Topliss-reactive ketones (excluding diaryl/α,β-unsaturated/α-hetero) is 1. The lowest BCUT2D eigenvalue weighted by molar-refractivity contribution is 0.0547. The third-order valence-electron chi connectivity index (χ3n) is 8.55. The Bertz CT molecular complexity index is 2180. The summed E-state index contributed by atoms with van der Waals surface area (Å²) >= 11 is 1.67. The van der Waals surface area contributed by atoms with Gasteiger partial charge in [0.25, 0.3) is 0 Å². The molecule has 0 bridgehead atoms. The van der Waals surface area contributed by atoms with E-state index in [9.17, 15) is 14.7 Å². The van der Waals surface area contributed by atoms with Crippen molar-refractivity contribution in [1.82, 2.24) is 9.97 Å². The zero-order chi connectivity index (χ0) is 35.9. The summed E-state index contributed by atoms with van der Waals surface area (Å²) in [5, 5.41) is 13.2. The Morgan fingerprint density at radius 3 is 2.51 bits per heavy atom. The predicted molar refractivity (Wildman–Crippen MR) is 191 cm³/mol. The van der Waals surface area contributed by atoms with Crippen LogP contribution in [0.3, 0.4) is 0 Å². The van der Waals surface area contributed by atoms with Gasteiger partial charge in [0.05, 0.1) is 43.8 Å². The minimum atomic E-state index is -0.630. The van der Waals surface area contributed by atoms with E-state index < -0.39 is 23.7 Å². The van der Waals surface area contributed by atoms with E-state index in [-0.39, 0.29) is 23.7 Å². The number of phenolic OH excluding ortho intramolecular Hbond substituents is 1. The van der Waals surface area contributed by atoms with Gasteiger partial charge >= 0.3 is 6.09 Å². The SMILES string of the molecule is COC(=O)Nc1nc2ccc(Sc3ccccc3)cc2[nH]1.COc1cc2c(cc1OC)C1C(=O)c3c(O)cc4c(c3OC1CO2)C=CC(C)(C)O4. The van der Waals surface area contributed by atoms with Crippen LogP contribution in [0.15, 0.2) is 82.6 Å². The molecule has 2 unspecified atom stereocenters. The number of anilines is 1. The van der Waals surface area contributed by atoms with E-state index in [0.29, 0.717) is 45.8 Å². The van der Waals surface area contributed by atoms with Gasteiger partial charge in [-0.1, -0.05) is 30.0 Å². The lowest BCUT2D eigenvalue weighted by atomic mass is 9.80. The molecule has 0 radical (unpaired) electrons. The molecule has 4 aromatic carbocycles. The molecular formula is C38H35N3O9S. The van der Waals surface area contributed by atoms with Gasteiger partial charge in [-0.15, -0.1) is 0 Å². The molecule has 0 saturated heterocycles. The number of aromatic nitrogens is 2. The van der Waals surface area contributed by atoms with Gasteiger partial charge in [-0.25, -0.2) is 9.78 Å². The highest BCUT2D eigenvalue weighted by Gasteiger charge is 2.46. The molecule has 3 aliphatic rings. The quantitative estimate of drug-likeness (QED) is 0.165. The van der Waals surface area contributed by atoms with Gasteiger partial charge in [-0.2, -0.15) is 0 Å². The number of nitrogens with one attached hydrogen (secondary N) is 2. The number of carbonyl (C=O) groups excluding carboxylic acids is 2. The second-order valence-electron chi connectivity index (χ2n) is 12.4. The standard InChI is InChI=1S/C23H22O7.C15H13N3O2S/c1-23(2)6-5-11-15(30-23)8-13(24)20-21(25)19-12-7-16(26-3)17(27-4)9-14(12)28-10-18(19)29-22(11)20;1-20-15(19)18-14-16-12-8-7-11(9-13(12)17-14)21-10-5-3-2-4-6-10/h5-9,18-19,24H,10H2,1-4H3;2-9H,1H3,(H2,16,17,18,19). The number of methoxy groups -OCH3 is 3. The number of nitrogens with zero attached hydrogens (tertiary/aromatic N) is 1. The Balaban J connectivity index is 0.000000170. The Kier molecular flexibility index (Phi) is 8.90. The van der Waals surface area contributed by atoms with Crippen LogP contribution < -0.4 is 29.0 Å². The van der Waals surface area contributed by atoms with E-state index in [1.54, 1.807) is 31.0 Å². The highest BCUT2D eigenvalue weighted by Crippen LogP contribution is 2.52. The van der Waals surface area contributed by atoms with Crippen LogP contribution in [0.5, 0.6) is 34.5 Å². The lowest BCUT2D eigenvalue weighted by Gasteiger charge is -2.39. The van der Waals surface area contributed by atoms with Crippen LogP contribution in [0.25, 0.3) is 17.1 Å². The Hall–Kier alpha value is -5.82. The van der Waals surface area contributed by atoms with Gasteiger partial charge in [0, 0.05) is 27.5 Å². The maximum atomic E-state index is 13.6. The van der Waals surface area contributed by atoms with Gasteiger partial charge in [-0.05, 0) is 62.4 Å². The van der Waals surface area contributed by atoms with Crippen molar-refractivity contribution in [3.63, 3.8) is 0 Å². The number of fused-ring (bicyclic) bond motifs is 7. The fraction of sp³-hybridized carbons (Fsp3) is 0.237. The minimum absolute atomic E-state index is 0.158. The van der Waals surface area contributed by atoms with Crippen molar-refractivity contribution in [3.05, 3.63) is 89.5 Å². The van der Waals surface area contributed by atoms with Crippen molar-refractivity contribution in [2.75, 3.05) is 33.3 Å². The second kappa shape index (κ2) is 13.5. The lowest BCUT2D eigenvalue weighted by Crippen LogP contribution is -2.43. The van der Waals surface area contributed by atoms with E-state index in [0.717, 1.165) is 15.9 Å². The number of H-pyrrole nitrogens is 1. The summed E-state index contributed by atoms with van der Waals surface area (Å²) in [4.78, 5) is 34.3. The smallest absolute Gasteiger partial charge is 0.413 e. The summed E-state index contributed by atoms with van der Waals surface area (Å²) < 4.78 is 33.3. The van der Waals surface area contributed by atoms with Gasteiger partial charge in [0.2, 0.25) is 5.95 Å². The summed E-state index contributed by atoms with van der Waals surface area (Å²) in [6.07, 6.45) is 2.69. The maximum absolute atomic E-state index is 13.6. The molecule has 0 fully saturated rings. The molecule has 4 heterocycles. The molecule has 13 heteroatoms. The Labute approximate surface area is 297 Å². The van der Waals surface area contributed by atoms with Crippen molar-refractivity contribution in [2.24, 2.45) is 0 Å². The van der Waals surface area contributed by atoms with Crippen LogP contribution in [0.4, 0.5) is 10.7 Å². The summed E-state index contributed by atoms with van der Waals surface area (Å²) in [6, 6.07) is 21.0. The fourth-order valence-electron chi connectivity index (χ4n) is 6.16. The maximum Gasteiger partial charge on any atom is 0.413 e. The van der Waals surface area contributed by atoms with Gasteiger partial charge in [0.1, 0.15) is 46.9 Å². The van der Waals surface area contributed by atoms with E-state index in [4.69, 9.17) is 23.7 Å². The molecule has 1 aromatic heterocycles. The molecule has 3 aliphatic heterocycles. The Morgan fingerprint density at radius 1 is 1.00 bits per heavy atom. The normalized spacial score (nSPS) is 17.5. The monoisotopic (exact) mass is 709 g/mol. The molecule has 2 atom stereocenters. The van der Waals surface area contributed by atoms with E-state index in [1.807, 2.05) is 62.4 Å². The molecule has 0 aliphatic carbocycles. The summed E-state index contributed by atoms with van der Waals surface area (Å²) in [5.74, 6) is 1.71. The molecule has 0 saturated carbocycles. The molecule has 12 nitrogen and oxygen atoms in total. The molecule has 262 valence electrons. The van der Waals surface area contributed by atoms with E-state index in [1.165, 1.54) is 25.2 Å². The van der Waals surface area contributed by atoms with Crippen molar-refractivity contribution < 1.29 is 43.1 Å². The number of benzene rings is 4. The number of hydrogen-bond donors (Lipinski definition) is 3. The first kappa shape index (κ1) is 33.7. The molecule has 51 heavy (non-hydrogen) atoms. The van der Waals surface area contributed by atoms with Crippen LogP contribution in [0.1, 0.15) is 41.3 Å². The van der Waals surface area contributed by atoms with Crippen LogP contribution in [-0.2, 0) is 4.74 Å². The number of ether oxygens (including phenoxy) is 6. The first-order chi connectivity index (χ1) is 24.6. The number of ketones is 1. The summed E-state index contributed by atoms with van der Waals surface area (Å²) in [5.41, 5.74) is 2.58. The van der Waals surface area contributed by atoms with Crippen LogP contribution in [0, 0.1) is 0 Å². The van der Waals surface area contributed by atoms with Crippen LogP contribution in [-0.4, -0.2) is 66.6 Å². The molecule has 3 N–H and O–H groups in total. The number of rotatable bonds is 5. The minimum Gasteiger partial charge on any atom is -0.507 e. The average molecular weight is 710 g/mol. The van der Waals surface area contributed by atoms with E-state index >= 15 is 0 Å². The zero-order valence-corrected chi connectivity index (χ0v) is 29.3. The molecule has 1 amide bonds. The number of imidazole rings is 1. The third-order valence-corrected chi connectivity index (χ3v) is 9.55. The molecular weight excluding hydrogens is 674 g/mol. The highest BCUT2D eigenvalue weighted by molar-refractivity contribution is 7.99.